The standard InChI is InChI=1S/C19H39O/c1-5-19(20-6-2)17-15-13-11-9-7-8-10-12-14-16-18(3)4/h18-19H,2,5-17H2,1,3-4H3. The van der Waals surface area contributed by atoms with Crippen LogP contribution in [0.3, 0.4) is 0 Å². The predicted molar refractivity (Wildman–Crippen MR) is 91.0 cm³/mol. The molecule has 0 aromatic rings. The predicted octanol–water partition coefficient (Wildman–Crippen LogP) is 6.56. The fraction of sp³-hybridized carbons (Fsp3) is 0.947. The van der Waals surface area contributed by atoms with Gasteiger partial charge in [0.15, 0.2) is 0 Å². The SMILES string of the molecule is [CH2]COC(CC)CCCCCCCCCCCC(C)C. The van der Waals surface area contributed by atoms with E-state index in [0.29, 0.717) is 12.7 Å². The van der Waals surface area contributed by atoms with E-state index in [4.69, 9.17) is 4.74 Å². The van der Waals surface area contributed by atoms with Crippen molar-refractivity contribution >= 4 is 0 Å². The Bertz CT molecular complexity index is 177. The van der Waals surface area contributed by atoms with Gasteiger partial charge in [-0.3, -0.25) is 0 Å². The third-order valence-electron chi connectivity index (χ3n) is 4.12. The van der Waals surface area contributed by atoms with Crippen molar-refractivity contribution in [2.45, 2.75) is 104 Å². The van der Waals surface area contributed by atoms with E-state index >= 15 is 0 Å². The lowest BCUT2D eigenvalue weighted by Gasteiger charge is -2.14. The van der Waals surface area contributed by atoms with Gasteiger partial charge in [0, 0.05) is 6.61 Å². The monoisotopic (exact) mass is 283 g/mol. The molecular weight excluding hydrogens is 244 g/mol. The molecule has 0 N–H and O–H groups in total. The highest BCUT2D eigenvalue weighted by molar-refractivity contribution is 4.57. The van der Waals surface area contributed by atoms with Crippen LogP contribution in [0.1, 0.15) is 97.8 Å². The van der Waals surface area contributed by atoms with Crippen LogP contribution in [0.25, 0.3) is 0 Å². The Labute approximate surface area is 128 Å². The first-order valence-electron chi connectivity index (χ1n) is 9.11. The number of hydrogen-bond acceptors (Lipinski definition) is 1. The lowest BCUT2D eigenvalue weighted by Crippen LogP contribution is -2.11. The minimum atomic E-state index is 0.452. The zero-order valence-corrected chi connectivity index (χ0v) is 14.5. The second-order valence-electron chi connectivity index (χ2n) is 6.55. The van der Waals surface area contributed by atoms with E-state index in [1.54, 1.807) is 0 Å². The Hall–Kier alpha value is -0.0400. The molecule has 0 saturated heterocycles. The summed E-state index contributed by atoms with van der Waals surface area (Å²) in [6.07, 6.45) is 17.0. The molecule has 121 valence electrons. The molecule has 20 heavy (non-hydrogen) atoms. The number of hydrogen-bond donors (Lipinski definition) is 0. The summed E-state index contributed by atoms with van der Waals surface area (Å²) in [6.45, 7) is 11.2. The Morgan fingerprint density at radius 1 is 0.750 bits per heavy atom. The molecule has 0 aromatic carbocycles. The molecule has 0 aromatic heterocycles. The fourth-order valence-corrected chi connectivity index (χ4v) is 2.73. The molecule has 1 atom stereocenters. The third kappa shape index (κ3) is 14.4. The molecule has 0 aliphatic carbocycles. The second-order valence-corrected chi connectivity index (χ2v) is 6.55. The Balaban J connectivity index is 3.13. The topological polar surface area (TPSA) is 9.23 Å². The van der Waals surface area contributed by atoms with Crippen molar-refractivity contribution in [2.75, 3.05) is 6.61 Å². The molecule has 0 spiro atoms. The molecule has 0 bridgehead atoms. The minimum Gasteiger partial charge on any atom is -0.378 e. The highest BCUT2D eigenvalue weighted by atomic mass is 16.5. The van der Waals surface area contributed by atoms with Crippen LogP contribution in [0.4, 0.5) is 0 Å². The summed E-state index contributed by atoms with van der Waals surface area (Å²) < 4.78 is 5.58. The molecule has 0 saturated carbocycles. The first-order valence-corrected chi connectivity index (χ1v) is 9.11. The zero-order chi connectivity index (χ0) is 15.1. The zero-order valence-electron chi connectivity index (χ0n) is 14.5. The molecule has 0 rings (SSSR count). The molecule has 1 radical (unpaired) electrons. The van der Waals surface area contributed by atoms with Crippen molar-refractivity contribution in [3.05, 3.63) is 6.92 Å². The van der Waals surface area contributed by atoms with Crippen LogP contribution in [0, 0.1) is 12.8 Å². The Morgan fingerprint density at radius 3 is 1.60 bits per heavy atom. The third-order valence-corrected chi connectivity index (χ3v) is 4.12. The van der Waals surface area contributed by atoms with E-state index in [2.05, 4.69) is 27.7 Å². The Morgan fingerprint density at radius 2 is 1.20 bits per heavy atom. The van der Waals surface area contributed by atoms with Crippen molar-refractivity contribution in [1.82, 2.24) is 0 Å². The molecule has 0 amide bonds. The summed E-state index contributed by atoms with van der Waals surface area (Å²) in [7, 11) is 0. The highest BCUT2D eigenvalue weighted by Gasteiger charge is 2.04. The van der Waals surface area contributed by atoms with Gasteiger partial charge in [0.2, 0.25) is 0 Å². The summed E-state index contributed by atoms with van der Waals surface area (Å²) in [5, 5.41) is 0. The van der Waals surface area contributed by atoms with Crippen LogP contribution >= 0.6 is 0 Å². The van der Waals surface area contributed by atoms with Crippen molar-refractivity contribution < 1.29 is 4.74 Å². The summed E-state index contributed by atoms with van der Waals surface area (Å²) in [6, 6.07) is 0. The smallest absolute Gasteiger partial charge is 0.0572 e. The Kier molecular flexibility index (Phi) is 15.3. The van der Waals surface area contributed by atoms with Crippen LogP contribution < -0.4 is 0 Å². The van der Waals surface area contributed by atoms with E-state index in [9.17, 15) is 0 Å². The second kappa shape index (κ2) is 15.4. The first-order chi connectivity index (χ1) is 9.70. The molecule has 0 fully saturated rings. The van der Waals surface area contributed by atoms with Gasteiger partial charge in [-0.25, -0.2) is 0 Å². The van der Waals surface area contributed by atoms with Gasteiger partial charge in [0.25, 0.3) is 0 Å². The van der Waals surface area contributed by atoms with Crippen molar-refractivity contribution in [3.63, 3.8) is 0 Å². The van der Waals surface area contributed by atoms with E-state index in [1.165, 1.54) is 70.6 Å². The maximum Gasteiger partial charge on any atom is 0.0572 e. The van der Waals surface area contributed by atoms with Gasteiger partial charge in [0.1, 0.15) is 0 Å². The van der Waals surface area contributed by atoms with Crippen molar-refractivity contribution in [2.24, 2.45) is 5.92 Å². The molecule has 1 unspecified atom stereocenters. The lowest BCUT2D eigenvalue weighted by molar-refractivity contribution is 0.0619. The maximum atomic E-state index is 5.58. The summed E-state index contributed by atoms with van der Waals surface area (Å²) in [5.74, 6) is 0.884. The van der Waals surface area contributed by atoms with Gasteiger partial charge in [-0.2, -0.15) is 0 Å². The maximum absolute atomic E-state index is 5.58. The molecule has 0 aliphatic rings. The van der Waals surface area contributed by atoms with E-state index in [0.717, 1.165) is 12.3 Å². The summed E-state index contributed by atoms with van der Waals surface area (Å²) >= 11 is 0. The molecule has 1 nitrogen and oxygen atoms in total. The van der Waals surface area contributed by atoms with Crippen LogP contribution in [0.5, 0.6) is 0 Å². The van der Waals surface area contributed by atoms with E-state index < -0.39 is 0 Å². The largest absolute Gasteiger partial charge is 0.378 e. The van der Waals surface area contributed by atoms with Gasteiger partial charge in [-0.15, -0.1) is 0 Å². The normalized spacial score (nSPS) is 13.1. The average molecular weight is 284 g/mol. The first kappa shape index (κ1) is 20.0. The minimum absolute atomic E-state index is 0.452. The highest BCUT2D eigenvalue weighted by Crippen LogP contribution is 2.15. The molecule has 0 heterocycles. The quantitative estimate of drug-likeness (QED) is 0.309. The fourth-order valence-electron chi connectivity index (χ4n) is 2.73. The van der Waals surface area contributed by atoms with Crippen LogP contribution in [-0.4, -0.2) is 12.7 Å². The van der Waals surface area contributed by atoms with Crippen molar-refractivity contribution in [1.29, 1.82) is 0 Å². The van der Waals surface area contributed by atoms with Gasteiger partial charge >= 0.3 is 0 Å². The van der Waals surface area contributed by atoms with Crippen LogP contribution in [0.2, 0.25) is 0 Å². The lowest BCUT2D eigenvalue weighted by atomic mass is 10.0. The average Bonchev–Trinajstić information content (AvgIpc) is 2.43. The molecule has 0 aliphatic heterocycles. The summed E-state index contributed by atoms with van der Waals surface area (Å²) in [4.78, 5) is 0. The van der Waals surface area contributed by atoms with E-state index in [1.807, 2.05) is 0 Å². The van der Waals surface area contributed by atoms with Gasteiger partial charge in [-0.1, -0.05) is 85.0 Å². The van der Waals surface area contributed by atoms with Gasteiger partial charge < -0.3 is 4.74 Å². The van der Waals surface area contributed by atoms with Crippen LogP contribution in [-0.2, 0) is 4.74 Å². The summed E-state index contributed by atoms with van der Waals surface area (Å²) in [5.41, 5.74) is 0. The van der Waals surface area contributed by atoms with Crippen LogP contribution in [0.15, 0.2) is 0 Å². The molecule has 1 heteroatoms. The van der Waals surface area contributed by atoms with Gasteiger partial charge in [0.05, 0.1) is 6.10 Å². The van der Waals surface area contributed by atoms with Crippen molar-refractivity contribution in [3.8, 4) is 0 Å². The number of unbranched alkanes of at least 4 members (excludes halogenated alkanes) is 8. The molecular formula is C19H39O. The number of rotatable bonds is 15. The number of ether oxygens (including phenoxy) is 1. The van der Waals surface area contributed by atoms with Gasteiger partial charge in [-0.05, 0) is 25.7 Å². The van der Waals surface area contributed by atoms with E-state index in [-0.39, 0.29) is 0 Å².